The molecule has 6 unspecified atom stereocenters. The van der Waals surface area contributed by atoms with E-state index in [2.05, 4.69) is 92.5 Å². The number of rotatable bonds is 6. The average molecular weight is 2200 g/mol. The van der Waals surface area contributed by atoms with Crippen LogP contribution in [0.15, 0.2) is 70.9 Å². The van der Waals surface area contributed by atoms with Gasteiger partial charge in [0.2, 0.25) is 17.8 Å². The van der Waals surface area contributed by atoms with Gasteiger partial charge in [-0.15, -0.1) is 19.3 Å². The van der Waals surface area contributed by atoms with Gasteiger partial charge in [0.15, 0.2) is 122 Å². The molecule has 9 aliphatic rings. The van der Waals surface area contributed by atoms with Crippen molar-refractivity contribution in [2.45, 2.75) is 147 Å². The summed E-state index contributed by atoms with van der Waals surface area (Å²) in [7, 11) is 0. The van der Waals surface area contributed by atoms with Crippen LogP contribution in [0.2, 0.25) is 0 Å². The molecule has 9 aliphatic heterocycles. The predicted octanol–water partition coefficient (Wildman–Crippen LogP) is 1.94. The monoisotopic (exact) mass is 2200 g/mol. The third-order valence-electron chi connectivity index (χ3n) is 23.3. The number of nitrogens with two attached hydrogens (primary N) is 6. The first-order chi connectivity index (χ1) is 66.6. The van der Waals surface area contributed by atoms with Gasteiger partial charge in [0, 0.05) is 37.9 Å². The fourth-order valence-corrected chi connectivity index (χ4v) is 25.5. The number of hydrogen-bond acceptors (Lipinski definition) is 45. The Kier molecular flexibility index (Phi) is 26.7. The third-order valence-corrected chi connectivity index (χ3v) is 32.7. The van der Waals surface area contributed by atoms with Crippen LogP contribution in [0.5, 0.6) is 0 Å². The van der Waals surface area contributed by atoms with Crippen LogP contribution in [0.25, 0.3) is 66.6 Å². The normalized spacial score (nSPS) is 36.4. The van der Waals surface area contributed by atoms with Crippen LogP contribution in [0, 0.1) is 54.5 Å². The number of H-pyrrole nitrogens is 3. The fourth-order valence-electron chi connectivity index (χ4n) is 16.9. The molecule has 0 spiro atoms. The third kappa shape index (κ3) is 18.9. The van der Waals surface area contributed by atoms with Gasteiger partial charge in [0.1, 0.15) is 110 Å². The zero-order valence-electron chi connectivity index (χ0n) is 70.4. The number of nitrogens with one attached hydrogen (secondary N) is 3. The summed E-state index contributed by atoms with van der Waals surface area (Å²) in [6.07, 6.45) is -0.143. The first-order valence-electron chi connectivity index (χ1n) is 40.4. The Bertz CT molecular complexity index is 7040. The summed E-state index contributed by atoms with van der Waals surface area (Å²) in [5.74, 6) is 3.83. The van der Waals surface area contributed by atoms with Crippen molar-refractivity contribution in [3.05, 3.63) is 105 Å². The summed E-state index contributed by atoms with van der Waals surface area (Å²) in [5, 5.41) is -0.211. The zero-order valence-corrected chi connectivity index (χ0v) is 80.6. The smallest absolute Gasteiger partial charge is 0.325 e. The number of nitrogen functional groups attached to an aromatic ring is 6. The van der Waals surface area contributed by atoms with Crippen LogP contribution in [0.4, 0.5) is 61.6 Å². The van der Waals surface area contributed by atoms with Crippen LogP contribution in [0.1, 0.15) is 56.6 Å². The Balaban J connectivity index is 0.000000134. The lowest BCUT2D eigenvalue weighted by Gasteiger charge is -2.32. The molecule has 21 heterocycles. The standard InChI is InChI=1S/3C23H23F2N9O9P2S2/c3*1-2-23-6-39-45(37,47)43-16-14(25)10(40-21(16)34-8-30-15-19(34)31-22(27)32-20(15)35)5-38-44(36,46)42-11(23)3-12(41-23)33-4-9(24)13-17(26)28-7-29-18(13)33/h3*1,4,7-8,10-12,14,16,21H,3,5-6H2,(H,36,46)(H,37,47)(H2,26,28,29)(H3,27,31,32,35)/t3*10-,11+,12-,14-,16-,21-,23-,44?,45?/m111/s1. The van der Waals surface area contributed by atoms with Crippen molar-refractivity contribution in [2.75, 3.05) is 74.0 Å². The van der Waals surface area contributed by atoms with E-state index in [1.807, 2.05) is 0 Å². The summed E-state index contributed by atoms with van der Waals surface area (Å²) < 4.78 is 204. The second-order valence-corrected chi connectivity index (χ2v) is 48.7. The predicted molar refractivity (Wildman–Crippen MR) is 493 cm³/mol. The minimum Gasteiger partial charge on any atom is -0.383 e. The summed E-state index contributed by atoms with van der Waals surface area (Å²) in [4.78, 5) is 159. The van der Waals surface area contributed by atoms with Crippen LogP contribution in [-0.2, 0) is 154 Å². The largest absolute Gasteiger partial charge is 0.383 e. The Hall–Kier alpha value is -9.09. The molecule has 9 saturated heterocycles. The van der Waals surface area contributed by atoms with Crippen LogP contribution in [-0.4, -0.2) is 261 Å². The molecule has 0 saturated carbocycles. The van der Waals surface area contributed by atoms with Gasteiger partial charge in [-0.2, -0.15) is 15.0 Å². The highest BCUT2D eigenvalue weighted by Crippen LogP contribution is 2.62. The number of halogens is 6. The van der Waals surface area contributed by atoms with E-state index in [9.17, 15) is 56.9 Å². The van der Waals surface area contributed by atoms with Crippen molar-refractivity contribution >= 4 is 213 Å². The van der Waals surface area contributed by atoms with Crippen molar-refractivity contribution in [3.8, 4) is 37.0 Å². The Labute approximate surface area is 811 Å². The molecule has 0 amide bonds. The number of imidazole rings is 3. The SMILES string of the molecule is C#C[C@@]12COP(O)(=S)O[C@@H]3[C@H](F)[C@@H](COP(O)(=S)O[C@H]1C[C@H](n1cc(F)c4c(N)ncnc41)O2)O[C@H]3n1cnc2c(=O)[nH]c(N)nc21.C#C[C@@]12COP(O)(=S)O[C@@H]3[C@H](F)[C@@H](COP(O)(=S)O[C@H]1C[C@H](n1cc(F)c4c(N)ncnc41)O2)O[C@H]3n1cnc2c(=O)[nH]c(N)nc21.C#C[C@@]12COP(O)(=S)O[C@@H]3[C@H](F)[C@@H](COP(O)(=S)O[C@H]1C[C@H](n1cc(F)c4c(N)ncnc41)O2)O[C@H]3n1cnc2c(=O)[nH]c(N)nc21. The highest BCUT2D eigenvalue weighted by atomic mass is 32.5. The minimum absolute atomic E-state index is 0.0659. The van der Waals surface area contributed by atoms with Gasteiger partial charge >= 0.3 is 40.3 Å². The topological polar surface area (TPSA) is 726 Å². The van der Waals surface area contributed by atoms with Gasteiger partial charge in [0.25, 0.3) is 16.7 Å². The number of fused-ring (bicyclic) bond motifs is 15. The van der Waals surface area contributed by atoms with Crippen LogP contribution in [0.3, 0.4) is 0 Å². The molecule has 21 rings (SSSR count). The maximum Gasteiger partial charge on any atom is 0.325 e. The van der Waals surface area contributed by atoms with E-state index in [-0.39, 0.29) is 121 Å². The minimum atomic E-state index is -4.41. The van der Waals surface area contributed by atoms with Gasteiger partial charge in [-0.05, 0) is 70.8 Å². The van der Waals surface area contributed by atoms with Crippen molar-refractivity contribution < 1.29 is 138 Å². The second kappa shape index (κ2) is 37.4. The number of anilines is 6. The molecule has 54 nitrogen and oxygen atoms in total. The molecule has 12 aromatic heterocycles. The van der Waals surface area contributed by atoms with E-state index in [4.69, 9.17) is 207 Å². The molecule has 9 fully saturated rings. The second-order valence-electron chi connectivity index (χ2n) is 31.9. The van der Waals surface area contributed by atoms with Crippen molar-refractivity contribution in [3.63, 3.8) is 0 Å². The van der Waals surface area contributed by atoms with E-state index in [0.29, 0.717) is 0 Å². The fraction of sp³-hybridized carbons (Fsp3) is 0.435. The van der Waals surface area contributed by atoms with E-state index in [1.54, 1.807) is 0 Å². The van der Waals surface area contributed by atoms with Gasteiger partial charge < -0.3 is 147 Å². The molecule has 0 radical (unpaired) electrons. The van der Waals surface area contributed by atoms with Gasteiger partial charge in [-0.25, -0.2) is 71.2 Å². The average Bonchev–Trinajstić information content (AvgIpc) is 1.63. The molecule has 12 aromatic rings. The molecule has 0 aromatic carbocycles. The Morgan fingerprint density at radius 1 is 0.383 bits per heavy atom. The van der Waals surface area contributed by atoms with Gasteiger partial charge in [0.05, 0.1) is 74.8 Å². The summed E-state index contributed by atoms with van der Waals surface area (Å²) in [5.41, 5.74) is 26.2. The summed E-state index contributed by atoms with van der Waals surface area (Å²) in [6.45, 7) is -30.2. The lowest BCUT2D eigenvalue weighted by atomic mass is 9.99. The van der Waals surface area contributed by atoms with Gasteiger partial charge in [-0.3, -0.25) is 56.6 Å². The quantitative estimate of drug-likeness (QED) is 0.0642. The molecule has 6 bridgehead atoms. The summed E-state index contributed by atoms with van der Waals surface area (Å²) in [6, 6.07) is 0. The number of alkyl halides is 3. The molecular weight excluding hydrogens is 2130 g/mol. The number of ether oxygens (including phenoxy) is 6. The maximum absolute atomic E-state index is 16.0. The van der Waals surface area contributed by atoms with E-state index in [0.717, 1.165) is 70.3 Å². The first-order valence-corrected chi connectivity index (χ1v) is 55.9. The van der Waals surface area contributed by atoms with E-state index in [1.165, 1.54) is 13.7 Å². The van der Waals surface area contributed by atoms with Crippen molar-refractivity contribution in [2.24, 2.45) is 0 Å². The number of nitrogens with zero attached hydrogens (tertiary/aromatic N) is 18. The number of aromatic amines is 3. The lowest BCUT2D eigenvalue weighted by Crippen LogP contribution is -2.43. The van der Waals surface area contributed by atoms with Crippen LogP contribution < -0.4 is 51.1 Å². The molecule has 72 heteroatoms. The van der Waals surface area contributed by atoms with E-state index < -0.39 is 242 Å². The molecule has 27 atom stereocenters. The number of hydrogen-bond donors (Lipinski definition) is 15. The van der Waals surface area contributed by atoms with Gasteiger partial charge in [-0.1, -0.05) is 17.8 Å². The molecular formula is C69H69F6N27O27P6S6. The first kappa shape index (κ1) is 101. The van der Waals surface area contributed by atoms with Crippen LogP contribution >= 0.6 is 40.3 Å². The Morgan fingerprint density at radius 3 is 0.894 bits per heavy atom. The highest BCUT2D eigenvalue weighted by Gasteiger charge is 2.61. The Morgan fingerprint density at radius 2 is 0.638 bits per heavy atom. The molecule has 0 aliphatic carbocycles. The summed E-state index contributed by atoms with van der Waals surface area (Å²) >= 11 is 31.4. The highest BCUT2D eigenvalue weighted by molar-refractivity contribution is 8.08. The van der Waals surface area contributed by atoms with E-state index >= 15 is 13.2 Å². The zero-order chi connectivity index (χ0) is 100. The maximum atomic E-state index is 16.0. The molecule has 21 N–H and O–H groups in total. The molecule has 750 valence electrons. The van der Waals surface area contributed by atoms with Crippen molar-refractivity contribution in [1.82, 2.24) is 102 Å². The number of aromatic nitrogens is 21. The number of terminal acetylenes is 3. The molecule has 141 heavy (non-hydrogen) atoms. The lowest BCUT2D eigenvalue weighted by molar-refractivity contribution is -0.0894. The van der Waals surface area contributed by atoms with Crippen molar-refractivity contribution in [1.29, 1.82) is 0 Å².